The van der Waals surface area contributed by atoms with Crippen molar-refractivity contribution in [2.24, 2.45) is 0 Å². The maximum atomic E-state index is 16.7. The third-order valence-electron chi connectivity index (χ3n) is 9.49. The van der Waals surface area contributed by atoms with Crippen molar-refractivity contribution in [1.29, 1.82) is 0 Å². The first-order chi connectivity index (χ1) is 21.7. The van der Waals surface area contributed by atoms with E-state index in [1.807, 2.05) is 31.0 Å². The van der Waals surface area contributed by atoms with Crippen LogP contribution in [0.15, 0.2) is 36.7 Å². The quantitative estimate of drug-likeness (QED) is 0.249. The second-order valence-corrected chi connectivity index (χ2v) is 12.4. The number of likely N-dealkylation sites (N-methyl/N-ethyl adjacent to an activating group) is 1. The highest BCUT2D eigenvalue weighted by molar-refractivity contribution is 5.95. The Labute approximate surface area is 261 Å². The van der Waals surface area contributed by atoms with E-state index in [4.69, 9.17) is 11.3 Å². The van der Waals surface area contributed by atoms with E-state index in [-0.39, 0.29) is 54.0 Å². The average molecular weight is 619 g/mol. The van der Waals surface area contributed by atoms with Gasteiger partial charge in [0.25, 0.3) is 5.91 Å². The molecule has 1 aliphatic carbocycles. The number of benzene rings is 2. The maximum Gasteiger partial charge on any atom is 0.319 e. The number of aromatic nitrogens is 2. The molecule has 2 aliphatic heterocycles. The molecule has 45 heavy (non-hydrogen) atoms. The van der Waals surface area contributed by atoms with Crippen LogP contribution in [0.25, 0.3) is 26.9 Å². The zero-order chi connectivity index (χ0) is 31.8. The molecule has 3 aromatic rings. The van der Waals surface area contributed by atoms with Gasteiger partial charge in [0, 0.05) is 30.6 Å². The summed E-state index contributed by atoms with van der Waals surface area (Å²) in [6.45, 7) is 13.7. The summed E-state index contributed by atoms with van der Waals surface area (Å²) in [5.74, 6) is -3.25. The van der Waals surface area contributed by atoms with Crippen LogP contribution in [-0.2, 0) is 17.6 Å². The summed E-state index contributed by atoms with van der Waals surface area (Å²) in [5.41, 5.74) is 2.41. The van der Waals surface area contributed by atoms with E-state index in [1.165, 1.54) is 11.0 Å². The van der Waals surface area contributed by atoms with Gasteiger partial charge >= 0.3 is 6.01 Å². The van der Waals surface area contributed by atoms with Crippen molar-refractivity contribution in [2.75, 3.05) is 44.7 Å². The minimum atomic E-state index is -1.11. The minimum absolute atomic E-state index is 0.0334. The predicted octanol–water partition coefficient (Wildman–Crippen LogP) is 5.73. The molecule has 2 fully saturated rings. The topological polar surface area (TPSA) is 66.2 Å². The van der Waals surface area contributed by atoms with Gasteiger partial charge in [-0.3, -0.25) is 4.79 Å². The molecule has 6 rings (SSSR count). The second kappa shape index (κ2) is 12.7. The fourth-order valence-electron chi connectivity index (χ4n) is 7.07. The number of halogens is 3. The Balaban J connectivity index is 1.48. The molecule has 0 spiro atoms. The van der Waals surface area contributed by atoms with Crippen LogP contribution in [0.4, 0.5) is 19.0 Å². The van der Waals surface area contributed by atoms with Crippen molar-refractivity contribution in [2.45, 2.75) is 63.6 Å². The number of carbonyl (C=O) groups excluding carboxylic acids is 1. The number of ether oxygens (including phenoxy) is 1. The van der Waals surface area contributed by atoms with Crippen molar-refractivity contribution < 1.29 is 22.7 Å². The molecular weight excluding hydrogens is 581 g/mol. The highest BCUT2D eigenvalue weighted by Gasteiger charge is 2.39. The van der Waals surface area contributed by atoms with Crippen molar-refractivity contribution in [3.63, 3.8) is 0 Å². The van der Waals surface area contributed by atoms with E-state index in [0.29, 0.717) is 12.2 Å². The van der Waals surface area contributed by atoms with Crippen molar-refractivity contribution >= 4 is 22.6 Å². The lowest BCUT2D eigenvalue weighted by molar-refractivity contribution is -0.131. The summed E-state index contributed by atoms with van der Waals surface area (Å²) in [7, 11) is 2.02. The molecule has 2 saturated heterocycles. The lowest BCUT2D eigenvalue weighted by Gasteiger charge is -2.44. The van der Waals surface area contributed by atoms with E-state index in [0.717, 1.165) is 56.2 Å². The molecule has 0 N–H and O–H groups in total. The standard InChI is InChI=1S/C34H37F3N6O2/c1-20-17-43(33(44)21(2)35)24(16-38-3)18-42(20)32-27-15-28(36)29(26-13-7-10-22-9-5-6-12-25(22)26)30(37)31(27)39-34(40-32)45-19-23-11-8-14-41(23)4/h7,10,13,15,20,23-24H,2,5-6,8-9,11-12,14,16-19H2,1,4H3/t20-,23-,24-/m0/s1. The van der Waals surface area contributed by atoms with Crippen molar-refractivity contribution in [1.82, 2.24) is 19.8 Å². The number of hydrogen-bond acceptors (Lipinski definition) is 6. The predicted molar refractivity (Wildman–Crippen MR) is 167 cm³/mol. The Morgan fingerprint density at radius 1 is 1.16 bits per heavy atom. The molecular formula is C34H37F3N6O2. The number of piperazine rings is 1. The van der Waals surface area contributed by atoms with Gasteiger partial charge in [0.2, 0.25) is 6.54 Å². The number of fused-ring (bicyclic) bond motifs is 2. The Morgan fingerprint density at radius 2 is 1.96 bits per heavy atom. The molecule has 8 nitrogen and oxygen atoms in total. The van der Waals surface area contributed by atoms with E-state index >= 15 is 8.78 Å². The number of aryl methyl sites for hydroxylation is 1. The smallest absolute Gasteiger partial charge is 0.319 e. The van der Waals surface area contributed by atoms with E-state index in [2.05, 4.69) is 26.3 Å². The van der Waals surface area contributed by atoms with Gasteiger partial charge in [0.15, 0.2) is 11.6 Å². The number of likely N-dealkylation sites (tertiary alicyclic amines) is 1. The SMILES string of the molecule is [C-]#[N+]C[C@H]1CN(c2nc(OC[C@@H]3CCCN3C)nc3c(F)c(-c4cccc5c4CCCC5)c(F)cc23)[C@@H](C)CN1C(=O)C(=C)F. The fourth-order valence-corrected chi connectivity index (χ4v) is 7.07. The number of nitrogens with zero attached hydrogens (tertiary/aromatic N) is 6. The zero-order valence-corrected chi connectivity index (χ0v) is 25.7. The molecule has 3 heterocycles. The van der Waals surface area contributed by atoms with Crippen molar-refractivity contribution in [3.05, 3.63) is 70.8 Å². The summed E-state index contributed by atoms with van der Waals surface area (Å²) >= 11 is 0. The zero-order valence-electron chi connectivity index (χ0n) is 25.7. The largest absolute Gasteiger partial charge is 0.462 e. The van der Waals surface area contributed by atoms with Gasteiger partial charge in [-0.15, -0.1) is 0 Å². The molecule has 236 valence electrons. The van der Waals surface area contributed by atoms with Crippen LogP contribution in [0.3, 0.4) is 0 Å². The fraction of sp³-hybridized carbons (Fsp3) is 0.471. The van der Waals surface area contributed by atoms with Crippen LogP contribution >= 0.6 is 0 Å². The van der Waals surface area contributed by atoms with Crippen LogP contribution in [0.2, 0.25) is 0 Å². The Kier molecular flexibility index (Phi) is 8.69. The highest BCUT2D eigenvalue weighted by atomic mass is 19.1. The lowest BCUT2D eigenvalue weighted by Crippen LogP contribution is -2.60. The Hall–Kier alpha value is -4.17. The minimum Gasteiger partial charge on any atom is -0.462 e. The summed E-state index contributed by atoms with van der Waals surface area (Å²) in [5, 5.41) is 0.159. The number of rotatable bonds is 7. The van der Waals surface area contributed by atoms with Gasteiger partial charge in [0.1, 0.15) is 29.8 Å². The molecule has 0 bridgehead atoms. The van der Waals surface area contributed by atoms with Gasteiger partial charge in [-0.25, -0.2) is 19.7 Å². The number of amides is 1. The second-order valence-electron chi connectivity index (χ2n) is 12.4. The highest BCUT2D eigenvalue weighted by Crippen LogP contribution is 2.40. The van der Waals surface area contributed by atoms with Gasteiger partial charge in [-0.1, -0.05) is 24.8 Å². The number of carbonyl (C=O) groups is 1. The molecule has 2 aromatic carbocycles. The van der Waals surface area contributed by atoms with Crippen LogP contribution in [0.5, 0.6) is 6.01 Å². The molecule has 0 saturated carbocycles. The van der Waals surface area contributed by atoms with Crippen LogP contribution in [-0.4, -0.2) is 83.6 Å². The number of anilines is 1. The summed E-state index contributed by atoms with van der Waals surface area (Å²) in [4.78, 5) is 30.6. The first kappa shape index (κ1) is 30.8. The molecule has 0 unspecified atom stereocenters. The van der Waals surface area contributed by atoms with E-state index < -0.39 is 35.5 Å². The van der Waals surface area contributed by atoms with Gasteiger partial charge in [0.05, 0.1) is 5.56 Å². The third-order valence-corrected chi connectivity index (χ3v) is 9.49. The monoisotopic (exact) mass is 618 g/mol. The number of hydrogen-bond donors (Lipinski definition) is 0. The molecule has 1 amide bonds. The van der Waals surface area contributed by atoms with Gasteiger partial charge in [-0.05, 0) is 81.8 Å². The van der Waals surface area contributed by atoms with Crippen LogP contribution < -0.4 is 9.64 Å². The van der Waals surface area contributed by atoms with Crippen LogP contribution in [0.1, 0.15) is 43.7 Å². The molecule has 11 heteroatoms. The lowest BCUT2D eigenvalue weighted by atomic mass is 9.85. The van der Waals surface area contributed by atoms with Crippen molar-refractivity contribution in [3.8, 4) is 17.1 Å². The molecule has 0 radical (unpaired) electrons. The van der Waals surface area contributed by atoms with Crippen LogP contribution in [0, 0.1) is 18.2 Å². The summed E-state index contributed by atoms with van der Waals surface area (Å²) < 4.78 is 52.9. The van der Waals surface area contributed by atoms with Gasteiger partial charge < -0.3 is 24.3 Å². The third kappa shape index (κ3) is 5.84. The van der Waals surface area contributed by atoms with E-state index in [1.54, 1.807) is 6.07 Å². The molecule has 3 aliphatic rings. The van der Waals surface area contributed by atoms with E-state index in [9.17, 15) is 9.18 Å². The summed E-state index contributed by atoms with van der Waals surface area (Å²) in [6.07, 6.45) is 5.60. The Bertz CT molecular complexity index is 1690. The normalized spacial score (nSPS) is 21.9. The Morgan fingerprint density at radius 3 is 2.69 bits per heavy atom. The first-order valence-corrected chi connectivity index (χ1v) is 15.6. The molecule has 1 aromatic heterocycles. The average Bonchev–Trinajstić information content (AvgIpc) is 3.44. The first-order valence-electron chi connectivity index (χ1n) is 15.6. The molecule has 3 atom stereocenters. The maximum absolute atomic E-state index is 16.7. The summed E-state index contributed by atoms with van der Waals surface area (Å²) in [6, 6.07) is 5.89. The van der Waals surface area contributed by atoms with Gasteiger partial charge in [-0.2, -0.15) is 9.97 Å².